The van der Waals surface area contributed by atoms with Crippen LogP contribution in [0.3, 0.4) is 0 Å². The Morgan fingerprint density at radius 1 is 0.208 bits per heavy atom. The average Bonchev–Trinajstić information content (AvgIpc) is 1.64. The molecule has 0 spiro atoms. The minimum Gasteiger partial charge on any atom is -0.506 e. The number of aryl methyl sites for hydroxylation is 6. The second-order valence-corrected chi connectivity index (χ2v) is 32.8. The van der Waals surface area contributed by atoms with Gasteiger partial charge >= 0.3 is 0 Å². The van der Waals surface area contributed by atoms with Crippen molar-refractivity contribution in [2.24, 2.45) is 20.0 Å². The Morgan fingerprint density at radius 3 is 0.812 bits per heavy atom. The largest absolute Gasteiger partial charge is 0.506 e. The third-order valence-corrected chi connectivity index (χ3v) is 21.7. The number of anilines is 8. The lowest BCUT2D eigenvalue weighted by atomic mass is 10.0. The number of benzene rings is 16. The molecule has 728 valence electrons. The monoisotopic (exact) mass is 1930 g/mol. The Hall–Kier alpha value is -19.9. The molecule has 16 aromatic carbocycles. The van der Waals surface area contributed by atoms with E-state index in [-0.39, 0.29) is 80.4 Å². The van der Waals surface area contributed by atoms with Gasteiger partial charge in [0.15, 0.2) is 34.1 Å². The summed E-state index contributed by atoms with van der Waals surface area (Å²) in [5.74, 6) is 2.42. The second kappa shape index (κ2) is 45.8. The first kappa shape index (κ1) is 102. The first-order valence-corrected chi connectivity index (χ1v) is 44.4. The molecule has 0 atom stereocenters. The summed E-state index contributed by atoms with van der Waals surface area (Å²) in [6.07, 6.45) is 6.49. The van der Waals surface area contributed by atoms with Crippen LogP contribution in [0.2, 0.25) is 0 Å². The van der Waals surface area contributed by atoms with Crippen LogP contribution in [0, 0.1) is 41.5 Å². The van der Waals surface area contributed by atoms with Crippen molar-refractivity contribution in [2.75, 3.05) is 45.9 Å². The predicted molar refractivity (Wildman–Crippen MR) is 573 cm³/mol. The highest BCUT2D eigenvalue weighted by Crippen LogP contribution is 2.42. The zero-order valence-electron chi connectivity index (χ0n) is 79.2. The molecular weight excluding hydrogens is 1830 g/mol. The predicted octanol–water partition coefficient (Wildman–Crippen LogP) is 24.0. The lowest BCUT2D eigenvalue weighted by Gasteiger charge is -2.07. The standard InChI is InChI=1S/C20H16N2O2.C20H18N2O2.2C14H12N2O2.2C14H14N2O2.C8H8N2O2.C8H10N2O2/c1-12-2-4-13(5-3-12)20-22-17-11-15(7-9-19(17)24-20)14-6-8-18(23)16(21)10-14;1-13-2-4-14(5-3-13)12-22-18-11-16(7-9-20(18)24)15-6-8-19(23)17(21)10-15;1-8-16-12-7-10(3-5-14(12)18-8)9-2-4-13(17)11(15)6-9;1-8-2-4-9(5-3-8)14-16-11-6-10(15)12(17)7-13(11)18-14;1-9-2-4-10(5-3-9)8-16-12-6-11(15)13(17)7-14(12)18;1-2-16-12-8-10(4-6-14(12)18)9-3-5-13(17)11(15)7-9;1-4-10-6-2-5(9)7(11)3-8(6)12-4;1-2-10-6-3-5(9)7(11)4-8(6)12/h2-11,23H,21H2,1H3;2-12,23-24H,21H2,1H3;2*2-7,17H,15H2,1H3;2*2-8,17-18H,15H2,1H3;2-3,11H,9H2,1H3;2-4,11-12H,9H2,1H3. The highest BCUT2D eigenvalue weighted by Gasteiger charge is 2.17. The molecule has 0 aliphatic heterocycles. The lowest BCUT2D eigenvalue weighted by molar-refractivity contribution is 0.452. The molecule has 0 saturated heterocycles. The van der Waals surface area contributed by atoms with Crippen LogP contribution in [0.15, 0.2) is 329 Å². The molecule has 4 aromatic heterocycles. The maximum atomic E-state index is 10.0. The van der Waals surface area contributed by atoms with E-state index < -0.39 is 0 Å². The molecule has 0 radical (unpaired) electrons. The summed E-state index contributed by atoms with van der Waals surface area (Å²) in [7, 11) is 0. The molecule has 0 saturated carbocycles. The summed E-state index contributed by atoms with van der Waals surface area (Å²) in [5.41, 5.74) is 70.1. The third kappa shape index (κ3) is 26.5. The van der Waals surface area contributed by atoms with Crippen LogP contribution in [0.4, 0.5) is 68.2 Å². The van der Waals surface area contributed by atoms with Gasteiger partial charge in [-0.2, -0.15) is 0 Å². The van der Waals surface area contributed by atoms with E-state index in [1.54, 1.807) is 149 Å². The smallest absolute Gasteiger partial charge is 0.227 e. The van der Waals surface area contributed by atoms with Gasteiger partial charge in [0.25, 0.3) is 0 Å². The normalized spacial score (nSPS) is 10.9. The van der Waals surface area contributed by atoms with Gasteiger partial charge in [-0.3, -0.25) is 20.0 Å². The molecule has 0 aliphatic rings. The number of hydrogen-bond donors (Lipinski definition) is 20. The summed E-state index contributed by atoms with van der Waals surface area (Å²) in [5, 5.41) is 113. The van der Waals surface area contributed by atoms with Crippen LogP contribution in [0.1, 0.15) is 59.0 Å². The van der Waals surface area contributed by atoms with E-state index in [1.807, 2.05) is 180 Å². The molecule has 144 heavy (non-hydrogen) atoms. The molecule has 28 N–H and O–H groups in total. The van der Waals surface area contributed by atoms with Gasteiger partial charge < -0.3 is 125 Å². The van der Waals surface area contributed by atoms with E-state index in [9.17, 15) is 56.2 Å². The molecule has 4 heterocycles. The highest BCUT2D eigenvalue weighted by atomic mass is 16.4. The van der Waals surface area contributed by atoms with Crippen LogP contribution in [-0.4, -0.2) is 106 Å². The Morgan fingerprint density at radius 2 is 0.451 bits per heavy atom. The SMILES string of the molecule is CC=Nc1cc(-c2ccc(O)c(N)c2)ccc1O.CC=Nc1cc(N)c(O)cc1O.Cc1ccc(-c2nc3cc(-c4ccc(O)c(N)c4)ccc3o2)cc1.Cc1ccc(-c2nc3cc(N)c(O)cc3o2)cc1.Cc1ccc(C=Nc2cc(-c3ccc(O)c(N)c3)ccc2O)cc1.Cc1ccc(C=Nc2cc(N)c(O)cc2O)cc1.Cc1nc2cc(-c3ccc(O)c(N)c3)ccc2o1.Cc1nc2cc(N)c(O)cc2o1. The van der Waals surface area contributed by atoms with Crippen molar-refractivity contribution in [3.8, 4) is 136 Å². The maximum Gasteiger partial charge on any atom is 0.227 e. The molecule has 0 bridgehead atoms. The molecule has 32 heteroatoms. The maximum absolute atomic E-state index is 10.0. The fraction of sp³-hybridized carbons (Fsp3) is 0.0714. The number of aromatic hydroxyl groups is 12. The van der Waals surface area contributed by atoms with Crippen molar-refractivity contribution in [1.82, 2.24) is 19.9 Å². The van der Waals surface area contributed by atoms with Gasteiger partial charge in [-0.05, 0) is 243 Å². The number of phenols is 12. The Bertz CT molecular complexity index is 8040. The summed E-state index contributed by atoms with van der Waals surface area (Å²) < 4.78 is 22.1. The second-order valence-electron chi connectivity index (χ2n) is 32.8. The van der Waals surface area contributed by atoms with Crippen LogP contribution >= 0.6 is 0 Å². The fourth-order valence-corrected chi connectivity index (χ4v) is 13.8. The highest BCUT2D eigenvalue weighted by molar-refractivity contribution is 5.89. The molecule has 20 rings (SSSR count). The van der Waals surface area contributed by atoms with Crippen molar-refractivity contribution in [3.63, 3.8) is 0 Å². The third-order valence-electron chi connectivity index (χ3n) is 21.7. The van der Waals surface area contributed by atoms with E-state index >= 15 is 0 Å². The minimum atomic E-state index is -0.151. The molecule has 0 aliphatic carbocycles. The van der Waals surface area contributed by atoms with Gasteiger partial charge in [0.05, 0.1) is 45.5 Å². The summed E-state index contributed by atoms with van der Waals surface area (Å²) in [6.45, 7) is 15.2. The van der Waals surface area contributed by atoms with Gasteiger partial charge in [0.2, 0.25) is 11.8 Å². The summed E-state index contributed by atoms with van der Waals surface area (Å²) in [4.78, 5) is 33.7. The molecule has 32 nitrogen and oxygen atoms in total. The van der Waals surface area contributed by atoms with E-state index in [4.69, 9.17) is 68.6 Å². The van der Waals surface area contributed by atoms with E-state index in [2.05, 4.69) is 39.9 Å². The molecule has 20 aromatic rings. The molecule has 0 unspecified atom stereocenters. The number of oxazole rings is 4. The van der Waals surface area contributed by atoms with Crippen molar-refractivity contribution in [2.45, 2.75) is 55.4 Å². The summed E-state index contributed by atoms with van der Waals surface area (Å²) >= 11 is 0. The number of aromatic nitrogens is 4. The van der Waals surface area contributed by atoms with E-state index in [1.165, 1.54) is 58.8 Å². The number of hydrogen-bond acceptors (Lipinski definition) is 32. The van der Waals surface area contributed by atoms with Crippen molar-refractivity contribution >= 4 is 138 Å². The Labute approximate surface area is 825 Å². The fourth-order valence-electron chi connectivity index (χ4n) is 13.8. The summed E-state index contributed by atoms with van der Waals surface area (Å²) in [6, 6.07) is 85.2. The molecule has 0 fully saturated rings. The first-order valence-electron chi connectivity index (χ1n) is 44.4. The Kier molecular flexibility index (Phi) is 32.3. The molecular formula is C112H104N16O16. The average molecular weight is 1930 g/mol. The van der Waals surface area contributed by atoms with Crippen molar-refractivity contribution in [3.05, 3.63) is 336 Å². The Balaban J connectivity index is 0.000000139. The topological polar surface area (TPSA) is 604 Å². The quantitative estimate of drug-likeness (QED) is 0.0234. The lowest BCUT2D eigenvalue weighted by Crippen LogP contribution is -1.87. The minimum absolute atomic E-state index is 0.00843. The number of fused-ring (bicyclic) bond motifs is 4. The van der Waals surface area contributed by atoms with Gasteiger partial charge in [0.1, 0.15) is 114 Å². The van der Waals surface area contributed by atoms with Gasteiger partial charge in [-0.1, -0.05) is 144 Å². The van der Waals surface area contributed by atoms with Crippen molar-refractivity contribution < 1.29 is 78.9 Å². The van der Waals surface area contributed by atoms with Crippen molar-refractivity contribution in [1.29, 1.82) is 0 Å². The van der Waals surface area contributed by atoms with Gasteiger partial charge in [-0.15, -0.1) is 0 Å². The number of nitrogen functional groups attached to an aromatic ring is 8. The number of nitrogens with two attached hydrogens (primary N) is 8. The van der Waals surface area contributed by atoms with E-state index in [0.29, 0.717) is 103 Å². The van der Waals surface area contributed by atoms with Gasteiger partial charge in [0, 0.05) is 74.1 Å². The van der Waals surface area contributed by atoms with E-state index in [0.717, 1.165) is 95.0 Å². The van der Waals surface area contributed by atoms with Crippen LogP contribution < -0.4 is 45.9 Å². The first-order chi connectivity index (χ1) is 68.9. The van der Waals surface area contributed by atoms with Crippen LogP contribution in [0.25, 0.3) is 112 Å². The zero-order valence-corrected chi connectivity index (χ0v) is 79.2. The number of aliphatic imine (C=N–C) groups is 4. The van der Waals surface area contributed by atoms with Crippen LogP contribution in [0.5, 0.6) is 69.0 Å². The molecule has 0 amide bonds. The van der Waals surface area contributed by atoms with Crippen LogP contribution in [-0.2, 0) is 0 Å². The zero-order chi connectivity index (χ0) is 103. The van der Waals surface area contributed by atoms with Gasteiger partial charge in [-0.25, -0.2) is 19.9 Å². The number of rotatable bonds is 12. The number of nitrogens with zero attached hydrogens (tertiary/aromatic N) is 8. The number of phenolic OH excluding ortho intramolecular Hbond substituents is 12.